The fourth-order valence-corrected chi connectivity index (χ4v) is 2.02. The summed E-state index contributed by atoms with van der Waals surface area (Å²) in [6, 6.07) is 7.63. The van der Waals surface area contributed by atoms with Gasteiger partial charge in [0.2, 0.25) is 5.88 Å². The minimum Gasteiger partial charge on any atom is -0.476 e. The Morgan fingerprint density at radius 3 is 2.90 bits per heavy atom. The number of aromatic nitrogens is 1. The second kappa shape index (κ2) is 5.77. The van der Waals surface area contributed by atoms with Crippen LogP contribution in [-0.2, 0) is 0 Å². The van der Waals surface area contributed by atoms with Gasteiger partial charge in [-0.3, -0.25) is 0 Å². The molecular formula is C15H15ClFN3O. The monoisotopic (exact) mass is 307 g/mol. The van der Waals surface area contributed by atoms with Gasteiger partial charge < -0.3 is 15.8 Å². The normalized spacial score (nSPS) is 14.0. The highest BCUT2D eigenvalue weighted by Crippen LogP contribution is 2.31. The summed E-state index contributed by atoms with van der Waals surface area (Å²) < 4.78 is 19.3. The summed E-state index contributed by atoms with van der Waals surface area (Å²) >= 11 is 5.86. The van der Waals surface area contributed by atoms with Gasteiger partial charge >= 0.3 is 0 Å². The van der Waals surface area contributed by atoms with E-state index in [1.807, 2.05) is 0 Å². The second-order valence-corrected chi connectivity index (χ2v) is 5.53. The van der Waals surface area contributed by atoms with Gasteiger partial charge in [0.05, 0.1) is 18.0 Å². The Morgan fingerprint density at radius 1 is 1.33 bits per heavy atom. The van der Waals surface area contributed by atoms with E-state index in [2.05, 4.69) is 10.3 Å². The van der Waals surface area contributed by atoms with Crippen LogP contribution in [0.3, 0.4) is 0 Å². The maximum absolute atomic E-state index is 13.7. The number of anilines is 3. The van der Waals surface area contributed by atoms with Gasteiger partial charge in [0.25, 0.3) is 0 Å². The average Bonchev–Trinajstić information content (AvgIpc) is 3.27. The van der Waals surface area contributed by atoms with Crippen molar-refractivity contribution in [2.24, 2.45) is 5.92 Å². The molecule has 1 saturated carbocycles. The molecule has 0 amide bonds. The first-order valence-corrected chi connectivity index (χ1v) is 7.11. The number of nitrogens with two attached hydrogens (primary N) is 1. The molecule has 3 rings (SSSR count). The zero-order valence-corrected chi connectivity index (χ0v) is 12.0. The third-order valence-electron chi connectivity index (χ3n) is 3.23. The van der Waals surface area contributed by atoms with Crippen molar-refractivity contribution in [2.75, 3.05) is 17.7 Å². The largest absolute Gasteiger partial charge is 0.476 e. The Bertz CT molecular complexity index is 661. The SMILES string of the molecule is Nc1ccc(Nc2cc(Cl)ccc2F)nc1OCC1CC1. The standard InChI is InChI=1S/C15H15ClFN3O/c16-10-3-4-11(17)13(7-10)19-14-6-5-12(18)15(20-14)21-8-9-1-2-9/h3-7,9H,1-2,8,18H2,(H,19,20). The summed E-state index contributed by atoms with van der Waals surface area (Å²) in [6.45, 7) is 0.617. The van der Waals surface area contributed by atoms with Gasteiger partial charge in [-0.15, -0.1) is 0 Å². The van der Waals surface area contributed by atoms with Crippen LogP contribution in [0.1, 0.15) is 12.8 Å². The number of ether oxygens (including phenoxy) is 1. The highest BCUT2D eigenvalue weighted by molar-refractivity contribution is 6.30. The molecule has 0 bridgehead atoms. The molecule has 2 aromatic rings. The van der Waals surface area contributed by atoms with Crippen molar-refractivity contribution in [2.45, 2.75) is 12.8 Å². The lowest BCUT2D eigenvalue weighted by atomic mass is 10.3. The molecule has 0 atom stereocenters. The molecule has 1 aromatic carbocycles. The Kier molecular flexibility index (Phi) is 3.84. The molecule has 110 valence electrons. The lowest BCUT2D eigenvalue weighted by Crippen LogP contribution is -2.05. The van der Waals surface area contributed by atoms with Crippen LogP contribution in [0.4, 0.5) is 21.6 Å². The summed E-state index contributed by atoms with van der Waals surface area (Å²) in [6.07, 6.45) is 2.37. The Hall–Kier alpha value is -2.01. The number of halogens is 2. The van der Waals surface area contributed by atoms with Gasteiger partial charge in [-0.2, -0.15) is 4.98 Å². The van der Waals surface area contributed by atoms with E-state index in [1.54, 1.807) is 12.1 Å². The number of benzene rings is 1. The zero-order valence-electron chi connectivity index (χ0n) is 11.3. The van der Waals surface area contributed by atoms with Crippen molar-refractivity contribution in [1.82, 2.24) is 4.98 Å². The van der Waals surface area contributed by atoms with Crippen LogP contribution in [0.15, 0.2) is 30.3 Å². The third-order valence-corrected chi connectivity index (χ3v) is 3.47. The Morgan fingerprint density at radius 2 is 2.14 bits per heavy atom. The van der Waals surface area contributed by atoms with E-state index in [0.29, 0.717) is 34.9 Å². The molecular weight excluding hydrogens is 293 g/mol. The molecule has 3 N–H and O–H groups in total. The first kappa shape index (κ1) is 13.9. The molecule has 0 radical (unpaired) electrons. The number of rotatable bonds is 5. The number of nitrogens with zero attached hydrogens (tertiary/aromatic N) is 1. The fourth-order valence-electron chi connectivity index (χ4n) is 1.85. The quantitative estimate of drug-likeness (QED) is 0.877. The van der Waals surface area contributed by atoms with Crippen LogP contribution in [0.2, 0.25) is 5.02 Å². The van der Waals surface area contributed by atoms with Gasteiger partial charge in [0, 0.05) is 5.02 Å². The maximum atomic E-state index is 13.7. The van der Waals surface area contributed by atoms with E-state index >= 15 is 0 Å². The van der Waals surface area contributed by atoms with Crippen LogP contribution in [0.5, 0.6) is 5.88 Å². The van der Waals surface area contributed by atoms with Crippen molar-refractivity contribution in [3.63, 3.8) is 0 Å². The van der Waals surface area contributed by atoms with E-state index in [4.69, 9.17) is 22.1 Å². The predicted octanol–water partition coefficient (Wildman–Crippen LogP) is 3.99. The number of nitrogen functional groups attached to an aromatic ring is 1. The van der Waals surface area contributed by atoms with Gasteiger partial charge in [-0.1, -0.05) is 11.6 Å². The molecule has 0 unspecified atom stereocenters. The van der Waals surface area contributed by atoms with Crippen LogP contribution >= 0.6 is 11.6 Å². The highest BCUT2D eigenvalue weighted by atomic mass is 35.5. The molecule has 1 fully saturated rings. The molecule has 1 aliphatic rings. The predicted molar refractivity (Wildman–Crippen MR) is 81.6 cm³/mol. The number of nitrogens with one attached hydrogen (secondary N) is 1. The number of hydrogen-bond donors (Lipinski definition) is 2. The molecule has 1 aliphatic carbocycles. The van der Waals surface area contributed by atoms with E-state index in [0.717, 1.165) is 0 Å². The highest BCUT2D eigenvalue weighted by Gasteiger charge is 2.22. The topological polar surface area (TPSA) is 60.2 Å². The minimum absolute atomic E-state index is 0.257. The van der Waals surface area contributed by atoms with Crippen molar-refractivity contribution < 1.29 is 9.13 Å². The maximum Gasteiger partial charge on any atom is 0.239 e. The van der Waals surface area contributed by atoms with Crippen molar-refractivity contribution in [3.05, 3.63) is 41.2 Å². The zero-order chi connectivity index (χ0) is 14.8. The van der Waals surface area contributed by atoms with Crippen molar-refractivity contribution >= 4 is 28.8 Å². The molecule has 0 aliphatic heterocycles. The molecule has 1 aromatic heterocycles. The second-order valence-electron chi connectivity index (χ2n) is 5.09. The molecule has 21 heavy (non-hydrogen) atoms. The van der Waals surface area contributed by atoms with Gasteiger partial charge in [0.1, 0.15) is 11.6 Å². The lowest BCUT2D eigenvalue weighted by molar-refractivity contribution is 0.290. The number of hydrogen-bond acceptors (Lipinski definition) is 4. The van der Waals surface area contributed by atoms with Crippen LogP contribution in [0, 0.1) is 11.7 Å². The molecule has 0 spiro atoms. The summed E-state index contributed by atoms with van der Waals surface area (Å²) in [7, 11) is 0. The van der Waals surface area contributed by atoms with Crippen LogP contribution in [0.25, 0.3) is 0 Å². The molecule has 4 nitrogen and oxygen atoms in total. The van der Waals surface area contributed by atoms with Gasteiger partial charge in [-0.05, 0) is 49.1 Å². The van der Waals surface area contributed by atoms with E-state index in [9.17, 15) is 4.39 Å². The fraction of sp³-hybridized carbons (Fsp3) is 0.267. The summed E-state index contributed by atoms with van der Waals surface area (Å²) in [5.41, 5.74) is 6.56. The van der Waals surface area contributed by atoms with Gasteiger partial charge in [-0.25, -0.2) is 4.39 Å². The van der Waals surface area contributed by atoms with Crippen molar-refractivity contribution in [3.8, 4) is 5.88 Å². The Balaban J connectivity index is 1.78. The first-order valence-electron chi connectivity index (χ1n) is 6.73. The Labute approximate surface area is 127 Å². The lowest BCUT2D eigenvalue weighted by Gasteiger charge is -2.11. The first-order chi connectivity index (χ1) is 10.1. The number of pyridine rings is 1. The summed E-state index contributed by atoms with van der Waals surface area (Å²) in [4.78, 5) is 4.27. The summed E-state index contributed by atoms with van der Waals surface area (Å²) in [5.74, 6) is 1.03. The van der Waals surface area contributed by atoms with E-state index in [-0.39, 0.29) is 5.69 Å². The van der Waals surface area contributed by atoms with Crippen molar-refractivity contribution in [1.29, 1.82) is 0 Å². The molecule has 0 saturated heterocycles. The van der Waals surface area contributed by atoms with Crippen LogP contribution < -0.4 is 15.8 Å². The molecule has 1 heterocycles. The van der Waals surface area contributed by atoms with E-state index < -0.39 is 5.82 Å². The smallest absolute Gasteiger partial charge is 0.239 e. The third kappa shape index (κ3) is 3.55. The van der Waals surface area contributed by atoms with E-state index in [1.165, 1.54) is 31.0 Å². The average molecular weight is 308 g/mol. The van der Waals surface area contributed by atoms with Crippen LogP contribution in [-0.4, -0.2) is 11.6 Å². The minimum atomic E-state index is -0.404. The summed E-state index contributed by atoms with van der Waals surface area (Å²) in [5, 5.41) is 3.32. The van der Waals surface area contributed by atoms with Gasteiger partial charge in [0.15, 0.2) is 0 Å². The molecule has 6 heteroatoms.